The van der Waals surface area contributed by atoms with Gasteiger partial charge in [0, 0.05) is 23.9 Å². The third-order valence-electron chi connectivity index (χ3n) is 3.60. The molecular formula is C15H13N5O2S. The molecule has 23 heavy (non-hydrogen) atoms. The largest absolute Gasteiger partial charge is 0.497 e. The fourth-order valence-corrected chi connectivity index (χ4v) is 3.58. The minimum absolute atomic E-state index is 0.420. The zero-order valence-electron chi connectivity index (χ0n) is 12.5. The summed E-state index contributed by atoms with van der Waals surface area (Å²) in [6.07, 6.45) is 3.27. The number of benzene rings is 1. The van der Waals surface area contributed by atoms with Crippen molar-refractivity contribution in [2.24, 2.45) is 0 Å². The van der Waals surface area contributed by atoms with E-state index in [-0.39, 0.29) is 0 Å². The van der Waals surface area contributed by atoms with Gasteiger partial charge in [-0.1, -0.05) is 0 Å². The molecule has 0 amide bonds. The highest BCUT2D eigenvalue weighted by Gasteiger charge is 2.16. The summed E-state index contributed by atoms with van der Waals surface area (Å²) in [4.78, 5) is 8.76. The van der Waals surface area contributed by atoms with Crippen LogP contribution in [0.3, 0.4) is 0 Å². The van der Waals surface area contributed by atoms with Gasteiger partial charge in [-0.25, -0.2) is 14.5 Å². The molecule has 3 aromatic heterocycles. The normalized spacial score (nSPS) is 11.2. The third-order valence-corrected chi connectivity index (χ3v) is 4.72. The zero-order valence-corrected chi connectivity index (χ0v) is 13.3. The van der Waals surface area contributed by atoms with Gasteiger partial charge in [-0.3, -0.25) is 0 Å². The van der Waals surface area contributed by atoms with E-state index in [0.29, 0.717) is 11.6 Å². The molecule has 0 fully saturated rings. The Morgan fingerprint density at radius 3 is 2.87 bits per heavy atom. The maximum atomic E-state index is 5.99. The number of fused-ring (bicyclic) bond motifs is 2. The van der Waals surface area contributed by atoms with E-state index in [0.717, 1.165) is 32.1 Å². The number of hydrogen-bond donors (Lipinski definition) is 1. The Labute approximate surface area is 135 Å². The lowest BCUT2D eigenvalue weighted by Gasteiger charge is -2.03. The van der Waals surface area contributed by atoms with Gasteiger partial charge in [-0.15, -0.1) is 11.3 Å². The smallest absolute Gasteiger partial charge is 0.152 e. The van der Waals surface area contributed by atoms with Crippen LogP contribution in [0.4, 0.5) is 5.82 Å². The minimum Gasteiger partial charge on any atom is -0.497 e. The number of rotatable bonds is 3. The van der Waals surface area contributed by atoms with Crippen LogP contribution in [0.1, 0.15) is 0 Å². The summed E-state index contributed by atoms with van der Waals surface area (Å²) in [5, 5.41) is 4.99. The van der Waals surface area contributed by atoms with Crippen LogP contribution in [0.2, 0.25) is 0 Å². The van der Waals surface area contributed by atoms with Crippen LogP contribution in [-0.2, 0) is 0 Å². The molecule has 7 nitrogen and oxygen atoms in total. The number of aromatic nitrogens is 4. The van der Waals surface area contributed by atoms with Crippen molar-refractivity contribution in [1.29, 1.82) is 0 Å². The van der Waals surface area contributed by atoms with E-state index in [9.17, 15) is 0 Å². The van der Waals surface area contributed by atoms with Gasteiger partial charge < -0.3 is 15.2 Å². The highest BCUT2D eigenvalue weighted by molar-refractivity contribution is 7.22. The van der Waals surface area contributed by atoms with Crippen molar-refractivity contribution < 1.29 is 9.47 Å². The van der Waals surface area contributed by atoms with Gasteiger partial charge in [-0.05, 0) is 6.07 Å². The average molecular weight is 327 g/mol. The molecule has 0 unspecified atom stereocenters. The Morgan fingerprint density at radius 1 is 1.22 bits per heavy atom. The Morgan fingerprint density at radius 2 is 2.09 bits per heavy atom. The van der Waals surface area contributed by atoms with Crippen molar-refractivity contribution >= 4 is 32.9 Å². The number of hydrogen-bond acceptors (Lipinski definition) is 7. The second kappa shape index (κ2) is 5.10. The Balaban J connectivity index is 1.98. The molecular weight excluding hydrogens is 314 g/mol. The van der Waals surface area contributed by atoms with Crippen LogP contribution in [-0.4, -0.2) is 33.8 Å². The summed E-state index contributed by atoms with van der Waals surface area (Å²) in [7, 11) is 3.25. The van der Waals surface area contributed by atoms with Crippen LogP contribution >= 0.6 is 11.3 Å². The maximum Gasteiger partial charge on any atom is 0.152 e. The number of ether oxygens (including phenoxy) is 2. The van der Waals surface area contributed by atoms with E-state index in [4.69, 9.17) is 20.2 Å². The highest BCUT2D eigenvalue weighted by Crippen LogP contribution is 2.40. The molecule has 8 heteroatoms. The van der Waals surface area contributed by atoms with Crippen LogP contribution in [0.15, 0.2) is 30.7 Å². The molecule has 116 valence electrons. The van der Waals surface area contributed by atoms with Crippen LogP contribution in [0, 0.1) is 0 Å². The fourth-order valence-electron chi connectivity index (χ4n) is 2.51. The molecule has 2 N–H and O–H groups in total. The van der Waals surface area contributed by atoms with Gasteiger partial charge in [0.2, 0.25) is 0 Å². The van der Waals surface area contributed by atoms with Crippen LogP contribution in [0.5, 0.6) is 11.5 Å². The van der Waals surface area contributed by atoms with E-state index >= 15 is 0 Å². The maximum absolute atomic E-state index is 5.99. The highest BCUT2D eigenvalue weighted by atomic mass is 32.1. The average Bonchev–Trinajstić information content (AvgIpc) is 3.17. The lowest BCUT2D eigenvalue weighted by atomic mass is 10.2. The molecule has 0 spiro atoms. The first-order valence-corrected chi connectivity index (χ1v) is 7.63. The van der Waals surface area contributed by atoms with E-state index in [1.807, 2.05) is 24.4 Å². The van der Waals surface area contributed by atoms with Crippen molar-refractivity contribution in [2.75, 3.05) is 20.0 Å². The van der Waals surface area contributed by atoms with Gasteiger partial charge in [0.05, 0.1) is 24.4 Å². The molecule has 4 rings (SSSR count). The molecule has 1 aromatic carbocycles. The van der Waals surface area contributed by atoms with Gasteiger partial charge in [0.1, 0.15) is 28.4 Å². The number of nitrogens with zero attached hydrogens (tertiary/aromatic N) is 4. The SMILES string of the molecule is COc1cc(OC)c2sc(-c3ccn4ncnc(N)c34)nc2c1. The van der Waals surface area contributed by atoms with Gasteiger partial charge >= 0.3 is 0 Å². The Hall–Kier alpha value is -2.87. The summed E-state index contributed by atoms with van der Waals surface area (Å²) in [6, 6.07) is 5.66. The summed E-state index contributed by atoms with van der Waals surface area (Å²) in [6.45, 7) is 0. The monoisotopic (exact) mass is 327 g/mol. The Kier molecular flexibility index (Phi) is 3.05. The first kappa shape index (κ1) is 13.8. The van der Waals surface area contributed by atoms with E-state index in [1.165, 1.54) is 17.7 Å². The first-order chi connectivity index (χ1) is 11.2. The standard InChI is InChI=1S/C15H13N5O2S/c1-21-8-5-10-13(11(6-8)22-2)23-15(19-10)9-3-4-20-12(9)14(16)17-7-18-20/h3-7H,1-2H3,(H2,16,17,18). The lowest BCUT2D eigenvalue weighted by molar-refractivity contribution is 0.398. The molecule has 0 saturated heterocycles. The number of thiazole rings is 1. The van der Waals surface area contributed by atoms with Crippen LogP contribution < -0.4 is 15.2 Å². The molecule has 0 aliphatic rings. The third kappa shape index (κ3) is 2.07. The molecule has 0 radical (unpaired) electrons. The second-order valence-electron chi connectivity index (χ2n) is 4.86. The van der Waals surface area contributed by atoms with Gasteiger partial charge in [0.15, 0.2) is 5.82 Å². The molecule has 0 aliphatic carbocycles. The summed E-state index contributed by atoms with van der Waals surface area (Å²) < 4.78 is 13.4. The van der Waals surface area contributed by atoms with Gasteiger partial charge in [-0.2, -0.15) is 5.10 Å². The van der Waals surface area contributed by atoms with Gasteiger partial charge in [0.25, 0.3) is 0 Å². The molecule has 3 heterocycles. The molecule has 0 atom stereocenters. The summed E-state index contributed by atoms with van der Waals surface area (Å²) in [5.41, 5.74) is 8.45. The van der Waals surface area contributed by atoms with Crippen LogP contribution in [0.25, 0.3) is 26.3 Å². The Bertz CT molecular complexity index is 1020. The number of nitrogens with two attached hydrogens (primary N) is 1. The van der Waals surface area contributed by atoms with Crippen molar-refractivity contribution in [3.05, 3.63) is 30.7 Å². The molecule has 4 aromatic rings. The molecule has 0 bridgehead atoms. The number of methoxy groups -OCH3 is 2. The van der Waals surface area contributed by atoms with Crippen molar-refractivity contribution in [2.45, 2.75) is 0 Å². The summed E-state index contributed by atoms with van der Waals surface area (Å²) in [5.74, 6) is 1.86. The number of anilines is 1. The van der Waals surface area contributed by atoms with Crippen molar-refractivity contribution in [1.82, 2.24) is 19.6 Å². The topological polar surface area (TPSA) is 87.6 Å². The zero-order chi connectivity index (χ0) is 16.0. The van der Waals surface area contributed by atoms with Crippen molar-refractivity contribution in [3.8, 4) is 22.1 Å². The lowest BCUT2D eigenvalue weighted by Crippen LogP contribution is -1.98. The number of nitrogen functional groups attached to an aromatic ring is 1. The molecule has 0 saturated carbocycles. The second-order valence-corrected chi connectivity index (χ2v) is 5.86. The predicted molar refractivity (Wildman–Crippen MR) is 89.1 cm³/mol. The summed E-state index contributed by atoms with van der Waals surface area (Å²) >= 11 is 1.53. The predicted octanol–water partition coefficient (Wildman–Crippen LogP) is 2.61. The fraction of sp³-hybridized carbons (Fsp3) is 0.133. The molecule has 0 aliphatic heterocycles. The minimum atomic E-state index is 0.420. The first-order valence-electron chi connectivity index (χ1n) is 6.82. The quantitative estimate of drug-likeness (QED) is 0.622. The van der Waals surface area contributed by atoms with Crippen molar-refractivity contribution in [3.63, 3.8) is 0 Å². The van der Waals surface area contributed by atoms with E-state index < -0.39 is 0 Å². The van der Waals surface area contributed by atoms with E-state index in [2.05, 4.69) is 10.1 Å². The van der Waals surface area contributed by atoms with E-state index in [1.54, 1.807) is 18.7 Å².